The van der Waals surface area contributed by atoms with Gasteiger partial charge in [-0.3, -0.25) is 14.6 Å². The van der Waals surface area contributed by atoms with E-state index in [4.69, 9.17) is 10.8 Å². The molecule has 0 radical (unpaired) electrons. The lowest BCUT2D eigenvalue weighted by atomic mass is 10.1. The molecule has 0 unspecified atom stereocenters. The van der Waals surface area contributed by atoms with Crippen LogP contribution in [-0.4, -0.2) is 34.4 Å². The molecule has 0 aliphatic rings. The first-order valence-electron chi connectivity index (χ1n) is 6.43. The molecule has 1 aromatic rings. The van der Waals surface area contributed by atoms with Crippen LogP contribution in [0.2, 0.25) is 0 Å². The molecule has 0 saturated carbocycles. The van der Waals surface area contributed by atoms with Crippen molar-refractivity contribution in [2.75, 3.05) is 6.54 Å². The van der Waals surface area contributed by atoms with Crippen molar-refractivity contribution in [1.29, 1.82) is 0 Å². The molecule has 7 heteroatoms. The number of hydrogen-bond donors (Lipinski definition) is 3. The number of carbonyl (C=O) groups excluding carboxylic acids is 2. The fourth-order valence-corrected chi connectivity index (χ4v) is 1.61. The van der Waals surface area contributed by atoms with Crippen molar-refractivity contribution in [3.05, 3.63) is 35.7 Å². The highest BCUT2D eigenvalue weighted by Gasteiger charge is 2.10. The summed E-state index contributed by atoms with van der Waals surface area (Å²) in [6.07, 6.45) is 5.23. The van der Waals surface area contributed by atoms with Gasteiger partial charge in [0.05, 0.1) is 0 Å². The maximum Gasteiger partial charge on any atom is 0.328 e. The van der Waals surface area contributed by atoms with E-state index < -0.39 is 5.97 Å². The Labute approximate surface area is 121 Å². The third-order valence-corrected chi connectivity index (χ3v) is 2.59. The minimum absolute atomic E-state index is 0.157. The third-order valence-electron chi connectivity index (χ3n) is 2.59. The summed E-state index contributed by atoms with van der Waals surface area (Å²) in [7, 11) is 0. The number of aliphatic carboxylic acids is 1. The quantitative estimate of drug-likeness (QED) is 0.477. The molecule has 0 fully saturated rings. The summed E-state index contributed by atoms with van der Waals surface area (Å²) in [5.74, 6) is -1.86. The molecule has 2 amide bonds. The number of hydrogen-bond acceptors (Lipinski definition) is 4. The average Bonchev–Trinajstić information content (AvgIpc) is 2.44. The van der Waals surface area contributed by atoms with Gasteiger partial charge in [-0.25, -0.2) is 4.79 Å². The molecular weight excluding hydrogens is 274 g/mol. The van der Waals surface area contributed by atoms with Crippen molar-refractivity contribution in [3.63, 3.8) is 0 Å². The van der Waals surface area contributed by atoms with Crippen LogP contribution in [0.5, 0.6) is 0 Å². The summed E-state index contributed by atoms with van der Waals surface area (Å²) in [6, 6.07) is 3.22. The number of pyridine rings is 1. The van der Waals surface area contributed by atoms with Crippen LogP contribution in [-0.2, 0) is 9.59 Å². The van der Waals surface area contributed by atoms with Gasteiger partial charge in [0.15, 0.2) is 0 Å². The molecular formula is C14H17N3O4. The van der Waals surface area contributed by atoms with Crippen molar-refractivity contribution < 1.29 is 19.5 Å². The third kappa shape index (κ3) is 6.33. The number of amides is 2. The molecule has 1 heterocycles. The fraction of sp³-hybridized carbons (Fsp3) is 0.286. The van der Waals surface area contributed by atoms with E-state index in [-0.39, 0.29) is 23.9 Å². The van der Waals surface area contributed by atoms with Crippen LogP contribution < -0.4 is 11.1 Å². The lowest BCUT2D eigenvalue weighted by molar-refractivity contribution is -0.131. The monoisotopic (exact) mass is 291 g/mol. The second-order valence-corrected chi connectivity index (χ2v) is 4.29. The van der Waals surface area contributed by atoms with E-state index in [1.807, 2.05) is 0 Å². The first-order chi connectivity index (χ1) is 10.0. The summed E-state index contributed by atoms with van der Waals surface area (Å²) in [4.78, 5) is 37.0. The van der Waals surface area contributed by atoms with Crippen molar-refractivity contribution in [2.45, 2.75) is 19.3 Å². The number of carbonyl (C=O) groups is 3. The van der Waals surface area contributed by atoms with Gasteiger partial charge in [0, 0.05) is 30.8 Å². The number of unbranched alkanes of at least 4 members (excludes halogenated alkanes) is 1. The minimum atomic E-state index is -1.10. The van der Waals surface area contributed by atoms with Gasteiger partial charge in [-0.1, -0.05) is 6.07 Å². The van der Waals surface area contributed by atoms with Crippen LogP contribution in [0.15, 0.2) is 24.4 Å². The average molecular weight is 291 g/mol. The van der Waals surface area contributed by atoms with Gasteiger partial charge in [-0.05, 0) is 25.0 Å². The van der Waals surface area contributed by atoms with Gasteiger partial charge >= 0.3 is 5.97 Å². The van der Waals surface area contributed by atoms with Gasteiger partial charge < -0.3 is 16.2 Å². The van der Waals surface area contributed by atoms with E-state index in [1.54, 1.807) is 12.1 Å². The van der Waals surface area contributed by atoms with E-state index in [0.717, 1.165) is 6.08 Å². The Morgan fingerprint density at radius 2 is 2.10 bits per heavy atom. The molecule has 4 N–H and O–H groups in total. The summed E-state index contributed by atoms with van der Waals surface area (Å²) in [5.41, 5.74) is 5.59. The van der Waals surface area contributed by atoms with Gasteiger partial charge in [-0.15, -0.1) is 0 Å². The molecule has 0 spiro atoms. The fourth-order valence-electron chi connectivity index (χ4n) is 1.61. The van der Waals surface area contributed by atoms with Gasteiger partial charge in [0.2, 0.25) is 5.91 Å². The van der Waals surface area contributed by atoms with Gasteiger partial charge in [0.1, 0.15) is 5.69 Å². The highest BCUT2D eigenvalue weighted by atomic mass is 16.4. The number of nitrogens with one attached hydrogen (secondary N) is 1. The molecule has 0 bridgehead atoms. The van der Waals surface area contributed by atoms with E-state index in [0.29, 0.717) is 24.9 Å². The zero-order valence-electron chi connectivity index (χ0n) is 11.4. The van der Waals surface area contributed by atoms with Crippen molar-refractivity contribution in [3.8, 4) is 0 Å². The number of nitrogens with zero attached hydrogens (tertiary/aromatic N) is 1. The highest BCUT2D eigenvalue weighted by Crippen LogP contribution is 2.07. The zero-order chi connectivity index (χ0) is 15.7. The summed E-state index contributed by atoms with van der Waals surface area (Å²) in [6.45, 7) is 0.394. The van der Waals surface area contributed by atoms with Crippen LogP contribution >= 0.6 is 0 Å². The van der Waals surface area contributed by atoms with Gasteiger partial charge in [0.25, 0.3) is 5.91 Å². The molecule has 7 nitrogen and oxygen atoms in total. The molecule has 0 atom stereocenters. The van der Waals surface area contributed by atoms with Crippen LogP contribution in [0.25, 0.3) is 6.08 Å². The molecule has 0 aromatic carbocycles. The van der Waals surface area contributed by atoms with E-state index >= 15 is 0 Å². The zero-order valence-corrected chi connectivity index (χ0v) is 11.4. The molecule has 1 rings (SSSR count). The predicted octanol–water partition coefficient (Wildman–Crippen LogP) is 0.565. The van der Waals surface area contributed by atoms with Crippen molar-refractivity contribution in [1.82, 2.24) is 10.3 Å². The number of aromatic nitrogens is 1. The van der Waals surface area contributed by atoms with Gasteiger partial charge in [-0.2, -0.15) is 0 Å². The number of primary amides is 1. The number of rotatable bonds is 8. The Morgan fingerprint density at radius 1 is 1.33 bits per heavy atom. The smallest absolute Gasteiger partial charge is 0.328 e. The lowest BCUT2D eigenvalue weighted by Gasteiger charge is -2.06. The Kier molecular flexibility index (Phi) is 6.59. The SMILES string of the molecule is NC(=O)CCCCNC(=O)c1ncccc1/C=C/C(=O)O. The second kappa shape index (κ2) is 8.47. The first-order valence-corrected chi connectivity index (χ1v) is 6.43. The minimum Gasteiger partial charge on any atom is -0.478 e. The lowest BCUT2D eigenvalue weighted by Crippen LogP contribution is -2.26. The summed E-state index contributed by atoms with van der Waals surface area (Å²) in [5, 5.41) is 11.3. The molecule has 0 aliphatic heterocycles. The maximum absolute atomic E-state index is 12.0. The van der Waals surface area contributed by atoms with E-state index in [2.05, 4.69) is 10.3 Å². The summed E-state index contributed by atoms with van der Waals surface area (Å²) >= 11 is 0. The largest absolute Gasteiger partial charge is 0.478 e. The van der Waals surface area contributed by atoms with Crippen LogP contribution in [0.4, 0.5) is 0 Å². The Bertz CT molecular complexity index is 555. The van der Waals surface area contributed by atoms with E-state index in [9.17, 15) is 14.4 Å². The normalized spacial score (nSPS) is 10.5. The van der Waals surface area contributed by atoms with Crippen molar-refractivity contribution in [2.24, 2.45) is 5.73 Å². The molecule has 1 aromatic heterocycles. The Hall–Kier alpha value is -2.70. The maximum atomic E-state index is 12.0. The highest BCUT2D eigenvalue weighted by molar-refractivity contribution is 5.97. The summed E-state index contributed by atoms with van der Waals surface area (Å²) < 4.78 is 0. The number of carboxylic acids is 1. The molecule has 112 valence electrons. The Morgan fingerprint density at radius 3 is 2.76 bits per heavy atom. The predicted molar refractivity (Wildman–Crippen MR) is 76.3 cm³/mol. The van der Waals surface area contributed by atoms with Crippen LogP contribution in [0.3, 0.4) is 0 Å². The van der Waals surface area contributed by atoms with Crippen LogP contribution in [0, 0.1) is 0 Å². The molecule has 0 saturated heterocycles. The van der Waals surface area contributed by atoms with Crippen LogP contribution in [0.1, 0.15) is 35.3 Å². The number of nitrogens with two attached hydrogens (primary N) is 1. The standard InChI is InChI=1S/C14H17N3O4/c15-11(18)5-1-2-8-17-14(21)13-10(4-3-9-16-13)6-7-12(19)20/h3-4,6-7,9H,1-2,5,8H2,(H2,15,18)(H,17,21)(H,19,20)/b7-6+. The molecule has 21 heavy (non-hydrogen) atoms. The van der Waals surface area contributed by atoms with E-state index in [1.165, 1.54) is 12.3 Å². The molecule has 0 aliphatic carbocycles. The van der Waals surface area contributed by atoms with Crippen molar-refractivity contribution >= 4 is 23.9 Å². The number of carboxylic acid groups (broad SMARTS) is 1. The second-order valence-electron chi connectivity index (χ2n) is 4.29. The first kappa shape index (κ1) is 16.4. The topological polar surface area (TPSA) is 122 Å². The Balaban J connectivity index is 2.57.